The third kappa shape index (κ3) is 2.78. The molecule has 1 aliphatic carbocycles. The van der Waals surface area contributed by atoms with Gasteiger partial charge in [-0.25, -0.2) is 9.97 Å². The maximum Gasteiger partial charge on any atom is 0.179 e. The molecule has 2 aliphatic rings. The Morgan fingerprint density at radius 1 is 1.31 bits per heavy atom. The lowest BCUT2D eigenvalue weighted by molar-refractivity contribution is -0.114. The number of rotatable bonds is 3. The molecule has 1 saturated heterocycles. The van der Waals surface area contributed by atoms with E-state index in [1.54, 1.807) is 12.4 Å². The fraction of sp³-hybridized carbons (Fsp3) is 0.333. The SMILES string of the molecule is CCc1ccc2c(c1)C(N1CCC(c3ncccn3)C1)=C(C#N)C(=O)C2. The summed E-state index contributed by atoms with van der Waals surface area (Å²) in [7, 11) is 0. The van der Waals surface area contributed by atoms with Gasteiger partial charge in [0.2, 0.25) is 0 Å². The number of benzene rings is 1. The fourth-order valence-electron chi connectivity index (χ4n) is 3.89. The molecule has 0 radical (unpaired) electrons. The first-order valence-electron chi connectivity index (χ1n) is 9.03. The second-order valence-corrected chi connectivity index (χ2v) is 6.82. The van der Waals surface area contributed by atoms with Crippen LogP contribution in [0.5, 0.6) is 0 Å². The number of hydrogen-bond donors (Lipinski definition) is 0. The Bertz CT molecular complexity index is 927. The largest absolute Gasteiger partial charge is 0.369 e. The van der Waals surface area contributed by atoms with Crippen molar-refractivity contribution in [1.29, 1.82) is 5.26 Å². The van der Waals surface area contributed by atoms with Crippen molar-refractivity contribution in [2.24, 2.45) is 0 Å². The van der Waals surface area contributed by atoms with E-state index >= 15 is 0 Å². The highest BCUT2D eigenvalue weighted by Crippen LogP contribution is 2.37. The van der Waals surface area contributed by atoms with E-state index in [2.05, 4.69) is 40.0 Å². The molecule has 0 bridgehead atoms. The molecule has 0 amide bonds. The van der Waals surface area contributed by atoms with Gasteiger partial charge in [0.15, 0.2) is 5.78 Å². The molecule has 1 aromatic heterocycles. The second kappa shape index (κ2) is 6.72. The molecule has 1 unspecified atom stereocenters. The summed E-state index contributed by atoms with van der Waals surface area (Å²) in [6.45, 7) is 3.64. The molecule has 1 aromatic carbocycles. The van der Waals surface area contributed by atoms with Crippen molar-refractivity contribution in [3.8, 4) is 6.07 Å². The zero-order valence-electron chi connectivity index (χ0n) is 14.8. The number of aromatic nitrogens is 2. The van der Waals surface area contributed by atoms with E-state index in [4.69, 9.17) is 0 Å². The van der Waals surface area contributed by atoms with E-state index < -0.39 is 0 Å². The number of Topliss-reactive ketones (excluding diaryl/α,β-unsaturated/α-hetero) is 1. The minimum atomic E-state index is -0.0846. The standard InChI is InChI=1S/C21H20N4O/c1-2-14-4-5-15-11-19(26)18(12-22)20(17(15)10-14)25-9-6-16(13-25)21-23-7-3-8-24-21/h3-5,7-8,10,16H,2,6,9,11,13H2,1H3. The highest BCUT2D eigenvalue weighted by atomic mass is 16.1. The van der Waals surface area contributed by atoms with E-state index in [0.29, 0.717) is 12.0 Å². The van der Waals surface area contributed by atoms with Crippen molar-refractivity contribution in [3.63, 3.8) is 0 Å². The molecule has 5 nitrogen and oxygen atoms in total. The maximum atomic E-state index is 12.5. The maximum absolute atomic E-state index is 12.5. The number of fused-ring (bicyclic) bond motifs is 1. The molecule has 4 rings (SSSR count). The van der Waals surface area contributed by atoms with Crippen molar-refractivity contribution < 1.29 is 4.79 Å². The smallest absolute Gasteiger partial charge is 0.179 e. The van der Waals surface area contributed by atoms with Crippen LogP contribution in [0.4, 0.5) is 0 Å². The highest BCUT2D eigenvalue weighted by Gasteiger charge is 2.34. The van der Waals surface area contributed by atoms with E-state index in [9.17, 15) is 10.1 Å². The topological polar surface area (TPSA) is 69.9 Å². The molecule has 1 aliphatic heterocycles. The monoisotopic (exact) mass is 344 g/mol. The number of nitrogens with zero attached hydrogens (tertiary/aromatic N) is 4. The Balaban J connectivity index is 1.74. The number of carbonyl (C=O) groups excluding carboxylic acids is 1. The van der Waals surface area contributed by atoms with Gasteiger partial charge in [-0.2, -0.15) is 5.26 Å². The van der Waals surface area contributed by atoms with Crippen LogP contribution in [0.2, 0.25) is 0 Å². The number of likely N-dealkylation sites (tertiary alicyclic amines) is 1. The predicted molar refractivity (Wildman–Crippen MR) is 98.0 cm³/mol. The van der Waals surface area contributed by atoms with E-state index in [0.717, 1.165) is 48.6 Å². The van der Waals surface area contributed by atoms with Gasteiger partial charge in [-0.05, 0) is 36.1 Å². The van der Waals surface area contributed by atoms with Gasteiger partial charge < -0.3 is 4.90 Å². The Hall–Kier alpha value is -3.00. The molecule has 5 heteroatoms. The molecule has 0 N–H and O–H groups in total. The van der Waals surface area contributed by atoms with Gasteiger partial charge in [0.25, 0.3) is 0 Å². The van der Waals surface area contributed by atoms with Crippen LogP contribution in [0, 0.1) is 11.3 Å². The third-order valence-corrected chi connectivity index (χ3v) is 5.27. The molecule has 26 heavy (non-hydrogen) atoms. The molecular weight excluding hydrogens is 324 g/mol. The van der Waals surface area contributed by atoms with E-state index in [1.807, 2.05) is 12.1 Å². The van der Waals surface area contributed by atoms with Crippen molar-refractivity contribution in [3.05, 3.63) is 64.7 Å². The van der Waals surface area contributed by atoms with Gasteiger partial charge in [0, 0.05) is 43.4 Å². The summed E-state index contributed by atoms with van der Waals surface area (Å²) in [6, 6.07) is 10.2. The molecule has 130 valence electrons. The van der Waals surface area contributed by atoms with Crippen LogP contribution in [0.25, 0.3) is 5.70 Å². The average Bonchev–Trinajstić information content (AvgIpc) is 3.17. The second-order valence-electron chi connectivity index (χ2n) is 6.82. The molecule has 2 heterocycles. The first-order chi connectivity index (χ1) is 12.7. The van der Waals surface area contributed by atoms with Crippen LogP contribution >= 0.6 is 0 Å². The first-order valence-corrected chi connectivity index (χ1v) is 9.03. The molecular formula is C21H20N4O. The number of allylic oxidation sites excluding steroid dienone is 1. The lowest BCUT2D eigenvalue weighted by atomic mass is 9.87. The minimum Gasteiger partial charge on any atom is -0.369 e. The molecule has 1 fully saturated rings. The van der Waals surface area contributed by atoms with Crippen LogP contribution in [-0.4, -0.2) is 33.7 Å². The van der Waals surface area contributed by atoms with Gasteiger partial charge in [-0.3, -0.25) is 4.79 Å². The third-order valence-electron chi connectivity index (χ3n) is 5.27. The van der Waals surface area contributed by atoms with Gasteiger partial charge >= 0.3 is 0 Å². The summed E-state index contributed by atoms with van der Waals surface area (Å²) in [6.07, 6.45) is 5.68. The zero-order chi connectivity index (χ0) is 18.1. The zero-order valence-corrected chi connectivity index (χ0v) is 14.8. The number of carbonyl (C=O) groups is 1. The van der Waals surface area contributed by atoms with E-state index in [1.165, 1.54) is 5.56 Å². The van der Waals surface area contributed by atoms with Crippen LogP contribution in [0.3, 0.4) is 0 Å². The molecule has 0 saturated carbocycles. The normalized spacial score (nSPS) is 19.5. The predicted octanol–water partition coefficient (Wildman–Crippen LogP) is 2.89. The Morgan fingerprint density at radius 3 is 2.85 bits per heavy atom. The van der Waals surface area contributed by atoms with Crippen molar-refractivity contribution >= 4 is 11.5 Å². The van der Waals surface area contributed by atoms with Gasteiger partial charge in [0.1, 0.15) is 17.5 Å². The molecule has 0 spiro atoms. The summed E-state index contributed by atoms with van der Waals surface area (Å²) in [5.74, 6) is 0.968. The Labute approximate surface area is 153 Å². The fourth-order valence-corrected chi connectivity index (χ4v) is 3.89. The highest BCUT2D eigenvalue weighted by molar-refractivity contribution is 6.10. The average molecular weight is 344 g/mol. The first kappa shape index (κ1) is 16.5. The summed E-state index contributed by atoms with van der Waals surface area (Å²) >= 11 is 0. The van der Waals surface area contributed by atoms with Gasteiger partial charge in [-0.15, -0.1) is 0 Å². The van der Waals surface area contributed by atoms with Crippen molar-refractivity contribution in [2.75, 3.05) is 13.1 Å². The lowest BCUT2D eigenvalue weighted by Crippen LogP contribution is -2.27. The van der Waals surface area contributed by atoms with Crippen molar-refractivity contribution in [2.45, 2.75) is 32.1 Å². The Morgan fingerprint density at radius 2 is 2.12 bits per heavy atom. The molecule has 2 aromatic rings. The summed E-state index contributed by atoms with van der Waals surface area (Å²) in [5.41, 5.74) is 4.36. The van der Waals surface area contributed by atoms with Crippen LogP contribution in [-0.2, 0) is 17.6 Å². The summed E-state index contributed by atoms with van der Waals surface area (Å²) in [4.78, 5) is 23.5. The summed E-state index contributed by atoms with van der Waals surface area (Å²) < 4.78 is 0. The Kier molecular flexibility index (Phi) is 4.26. The van der Waals surface area contributed by atoms with Crippen LogP contribution in [0.15, 0.2) is 42.2 Å². The number of aryl methyl sites for hydroxylation is 1. The minimum absolute atomic E-state index is 0.0846. The van der Waals surface area contributed by atoms with Crippen LogP contribution < -0.4 is 0 Å². The van der Waals surface area contributed by atoms with E-state index in [-0.39, 0.29) is 11.7 Å². The van der Waals surface area contributed by atoms with Gasteiger partial charge in [0.05, 0.1) is 5.70 Å². The van der Waals surface area contributed by atoms with Crippen molar-refractivity contribution in [1.82, 2.24) is 14.9 Å². The lowest BCUT2D eigenvalue weighted by Gasteiger charge is -2.28. The van der Waals surface area contributed by atoms with Gasteiger partial charge in [-0.1, -0.05) is 19.1 Å². The molecule has 1 atom stereocenters. The van der Waals surface area contributed by atoms with Crippen LogP contribution in [0.1, 0.15) is 41.8 Å². The number of nitriles is 1. The number of hydrogen-bond acceptors (Lipinski definition) is 5. The summed E-state index contributed by atoms with van der Waals surface area (Å²) in [5, 5.41) is 9.65. The number of ketones is 1. The quantitative estimate of drug-likeness (QED) is 0.856.